The Labute approximate surface area is 175 Å². The zero-order valence-electron chi connectivity index (χ0n) is 16.9. The number of benzene rings is 1. The molecule has 5 nitrogen and oxygen atoms in total. The molecule has 0 saturated heterocycles. The van der Waals surface area contributed by atoms with Gasteiger partial charge in [-0.2, -0.15) is 0 Å². The zero-order chi connectivity index (χ0) is 20.2. The third kappa shape index (κ3) is 4.17. The highest BCUT2D eigenvalue weighted by Crippen LogP contribution is 2.40. The first-order chi connectivity index (χ1) is 14.2. The molecule has 1 aliphatic carbocycles. The normalized spacial score (nSPS) is 14.1. The number of anilines is 1. The largest absolute Gasteiger partial charge is 0.492 e. The summed E-state index contributed by atoms with van der Waals surface area (Å²) in [6.07, 6.45) is 8.83. The van der Waals surface area contributed by atoms with E-state index in [1.165, 1.54) is 33.8 Å². The summed E-state index contributed by atoms with van der Waals surface area (Å²) in [7, 11) is 0. The maximum Gasteiger partial charge on any atom is 0.319 e. The number of carbonyl (C=O) groups excluding carboxylic acids is 1. The Morgan fingerprint density at radius 3 is 2.72 bits per heavy atom. The molecule has 0 bridgehead atoms. The molecule has 1 aromatic carbocycles. The molecule has 29 heavy (non-hydrogen) atoms. The fourth-order valence-electron chi connectivity index (χ4n) is 3.96. The summed E-state index contributed by atoms with van der Waals surface area (Å²) in [6, 6.07) is 11.3. The van der Waals surface area contributed by atoms with Crippen molar-refractivity contribution in [2.24, 2.45) is 0 Å². The molecule has 6 heteroatoms. The predicted octanol–water partition coefficient (Wildman–Crippen LogP) is 5.70. The molecule has 4 rings (SSSR count). The highest BCUT2D eigenvalue weighted by atomic mass is 32.1. The minimum absolute atomic E-state index is 0.0928. The van der Waals surface area contributed by atoms with Crippen LogP contribution in [0.5, 0.6) is 5.75 Å². The summed E-state index contributed by atoms with van der Waals surface area (Å²) in [6.45, 7) is 4.55. The Morgan fingerprint density at radius 2 is 1.93 bits per heavy atom. The van der Waals surface area contributed by atoms with Gasteiger partial charge in [0.15, 0.2) is 0 Å². The van der Waals surface area contributed by atoms with Gasteiger partial charge < -0.3 is 19.9 Å². The number of ether oxygens (including phenoxy) is 1. The van der Waals surface area contributed by atoms with Gasteiger partial charge in [0.25, 0.3) is 0 Å². The number of para-hydroxylation sites is 2. The highest BCUT2D eigenvalue weighted by molar-refractivity contribution is 7.15. The van der Waals surface area contributed by atoms with Crippen LogP contribution in [0.2, 0.25) is 0 Å². The number of urea groups is 1. The number of rotatable bonds is 6. The van der Waals surface area contributed by atoms with Crippen LogP contribution in [0, 0.1) is 0 Å². The van der Waals surface area contributed by atoms with Crippen LogP contribution >= 0.6 is 11.3 Å². The van der Waals surface area contributed by atoms with Crippen molar-refractivity contribution in [3.05, 3.63) is 64.8 Å². The Bertz CT molecular complexity index is 978. The van der Waals surface area contributed by atoms with Crippen LogP contribution in [0.25, 0.3) is 5.00 Å². The van der Waals surface area contributed by atoms with Crippen LogP contribution < -0.4 is 15.4 Å². The van der Waals surface area contributed by atoms with Gasteiger partial charge >= 0.3 is 6.03 Å². The number of fused-ring (bicyclic) bond motifs is 1. The summed E-state index contributed by atoms with van der Waals surface area (Å²) in [5.41, 5.74) is 3.35. The van der Waals surface area contributed by atoms with E-state index in [1.807, 2.05) is 54.7 Å². The number of thiophene rings is 1. The number of amides is 2. The fourth-order valence-corrected chi connectivity index (χ4v) is 5.41. The summed E-state index contributed by atoms with van der Waals surface area (Å²) in [5, 5.41) is 7.30. The van der Waals surface area contributed by atoms with Crippen LogP contribution in [0.15, 0.2) is 48.8 Å². The lowest BCUT2D eigenvalue weighted by Gasteiger charge is -2.20. The molecule has 1 atom stereocenters. The number of hydrogen-bond acceptors (Lipinski definition) is 3. The van der Waals surface area contributed by atoms with E-state index in [2.05, 4.69) is 34.5 Å². The maximum absolute atomic E-state index is 12.8. The van der Waals surface area contributed by atoms with Gasteiger partial charge in [-0.1, -0.05) is 12.1 Å². The number of aromatic nitrogens is 1. The van der Waals surface area contributed by atoms with Crippen molar-refractivity contribution in [3.8, 4) is 10.8 Å². The molecular formula is C23H27N3O2S. The van der Waals surface area contributed by atoms with Crippen LogP contribution in [0.1, 0.15) is 48.7 Å². The molecule has 3 aromatic rings. The summed E-state index contributed by atoms with van der Waals surface area (Å²) < 4.78 is 7.78. The number of nitrogens with one attached hydrogen (secondary N) is 2. The van der Waals surface area contributed by atoms with Gasteiger partial charge in [-0.05, 0) is 69.4 Å². The molecule has 0 unspecified atom stereocenters. The average Bonchev–Trinajstić information content (AvgIpc) is 3.37. The Kier molecular flexibility index (Phi) is 5.90. The third-order valence-corrected chi connectivity index (χ3v) is 6.57. The summed E-state index contributed by atoms with van der Waals surface area (Å²) >= 11 is 1.86. The number of hydrogen-bond donors (Lipinski definition) is 2. The first-order valence-corrected chi connectivity index (χ1v) is 11.1. The molecule has 152 valence electrons. The monoisotopic (exact) mass is 409 g/mol. The molecule has 2 amide bonds. The van der Waals surface area contributed by atoms with Gasteiger partial charge in [-0.3, -0.25) is 0 Å². The van der Waals surface area contributed by atoms with E-state index in [-0.39, 0.29) is 12.1 Å². The van der Waals surface area contributed by atoms with Crippen molar-refractivity contribution < 1.29 is 9.53 Å². The molecule has 0 radical (unpaired) electrons. The van der Waals surface area contributed by atoms with Crippen molar-refractivity contribution in [3.63, 3.8) is 0 Å². The van der Waals surface area contributed by atoms with Crippen LogP contribution in [0.4, 0.5) is 10.5 Å². The minimum atomic E-state index is -0.223. The highest BCUT2D eigenvalue weighted by Gasteiger charge is 2.26. The molecule has 1 aliphatic rings. The number of carbonyl (C=O) groups is 1. The second-order valence-corrected chi connectivity index (χ2v) is 8.35. The van der Waals surface area contributed by atoms with Gasteiger partial charge in [0.1, 0.15) is 10.8 Å². The lowest BCUT2D eigenvalue weighted by molar-refractivity contribution is 0.249. The van der Waals surface area contributed by atoms with Crippen molar-refractivity contribution >= 4 is 23.1 Å². The van der Waals surface area contributed by atoms with Crippen molar-refractivity contribution in [2.75, 3.05) is 11.9 Å². The second-order valence-electron chi connectivity index (χ2n) is 7.27. The molecule has 2 heterocycles. The van der Waals surface area contributed by atoms with Gasteiger partial charge in [-0.15, -0.1) is 11.3 Å². The molecule has 0 aliphatic heterocycles. The summed E-state index contributed by atoms with van der Waals surface area (Å²) in [4.78, 5) is 14.2. The van der Waals surface area contributed by atoms with E-state index < -0.39 is 0 Å². The zero-order valence-corrected chi connectivity index (χ0v) is 17.7. The SMILES string of the molecule is CCOc1ccccc1NC(=O)N[C@H](C)c1c(-n2cccc2)sc2c1CCCC2. The van der Waals surface area contributed by atoms with Gasteiger partial charge in [0.2, 0.25) is 0 Å². The Morgan fingerprint density at radius 1 is 1.17 bits per heavy atom. The minimum Gasteiger partial charge on any atom is -0.492 e. The molecule has 0 saturated carbocycles. The van der Waals surface area contributed by atoms with Crippen LogP contribution in [-0.4, -0.2) is 17.2 Å². The predicted molar refractivity (Wildman–Crippen MR) is 118 cm³/mol. The fraction of sp³-hybridized carbons (Fsp3) is 0.348. The number of aryl methyl sites for hydroxylation is 1. The van der Waals surface area contributed by atoms with Crippen LogP contribution in [0.3, 0.4) is 0 Å². The smallest absolute Gasteiger partial charge is 0.319 e. The summed E-state index contributed by atoms with van der Waals surface area (Å²) in [5.74, 6) is 0.679. The average molecular weight is 410 g/mol. The second kappa shape index (κ2) is 8.74. The topological polar surface area (TPSA) is 55.3 Å². The van der Waals surface area contributed by atoms with E-state index in [0.29, 0.717) is 18.0 Å². The Balaban J connectivity index is 1.56. The van der Waals surface area contributed by atoms with E-state index in [0.717, 1.165) is 12.8 Å². The third-order valence-electron chi connectivity index (χ3n) is 5.25. The van der Waals surface area contributed by atoms with Gasteiger partial charge in [0, 0.05) is 22.8 Å². The molecule has 0 spiro atoms. The quantitative estimate of drug-likeness (QED) is 0.549. The standard InChI is InChI=1S/C23H27N3O2S/c1-3-28-19-12-6-5-11-18(19)25-23(27)24-16(2)21-17-10-4-7-13-20(17)29-22(21)26-14-8-9-15-26/h5-6,8-9,11-12,14-16H,3-4,7,10,13H2,1-2H3,(H2,24,25,27)/t16-/m1/s1. The van der Waals surface area contributed by atoms with E-state index >= 15 is 0 Å². The van der Waals surface area contributed by atoms with Crippen molar-refractivity contribution in [1.29, 1.82) is 0 Å². The van der Waals surface area contributed by atoms with E-state index in [4.69, 9.17) is 4.74 Å². The maximum atomic E-state index is 12.8. The molecule has 0 fully saturated rings. The lowest BCUT2D eigenvalue weighted by atomic mass is 9.93. The van der Waals surface area contributed by atoms with E-state index in [1.54, 1.807) is 0 Å². The van der Waals surface area contributed by atoms with Gasteiger partial charge in [0.05, 0.1) is 18.3 Å². The number of nitrogens with zero attached hydrogens (tertiary/aromatic N) is 1. The van der Waals surface area contributed by atoms with Crippen molar-refractivity contribution in [2.45, 2.75) is 45.6 Å². The lowest BCUT2D eigenvalue weighted by Crippen LogP contribution is -2.32. The van der Waals surface area contributed by atoms with E-state index in [9.17, 15) is 4.79 Å². The Hall–Kier alpha value is -2.73. The molecular weight excluding hydrogens is 382 g/mol. The van der Waals surface area contributed by atoms with Gasteiger partial charge in [-0.25, -0.2) is 4.79 Å². The van der Waals surface area contributed by atoms with Crippen LogP contribution in [-0.2, 0) is 12.8 Å². The molecule has 2 aromatic heterocycles. The molecule has 2 N–H and O–H groups in total. The first-order valence-electron chi connectivity index (χ1n) is 10.2. The first kappa shape index (κ1) is 19.6. The van der Waals surface area contributed by atoms with Crippen molar-refractivity contribution in [1.82, 2.24) is 9.88 Å².